The van der Waals surface area contributed by atoms with E-state index in [-0.39, 0.29) is 22.8 Å². The van der Waals surface area contributed by atoms with Crippen molar-refractivity contribution >= 4 is 39.6 Å². The molecular formula is C25H17N3O3S. The van der Waals surface area contributed by atoms with E-state index in [0.717, 1.165) is 21.5 Å². The second kappa shape index (κ2) is 8.13. The lowest BCUT2D eigenvalue weighted by atomic mass is 10.0. The number of para-hydroxylation sites is 1. The van der Waals surface area contributed by atoms with E-state index >= 15 is 0 Å². The number of azo groups is 1. The van der Waals surface area contributed by atoms with E-state index in [1.54, 1.807) is 10.6 Å². The zero-order chi connectivity index (χ0) is 22.1. The quantitative estimate of drug-likeness (QED) is 0.284. The van der Waals surface area contributed by atoms with Crippen LogP contribution in [0.25, 0.3) is 27.0 Å². The first-order valence-electron chi connectivity index (χ1n) is 9.85. The first-order valence-corrected chi connectivity index (χ1v) is 10.7. The number of aromatic carboxylic acids is 1. The molecule has 0 radical (unpaired) electrons. The van der Waals surface area contributed by atoms with Crippen LogP contribution in [0.4, 0.5) is 11.4 Å². The molecule has 2 aromatic heterocycles. The van der Waals surface area contributed by atoms with E-state index in [9.17, 15) is 15.0 Å². The molecule has 2 heterocycles. The smallest absolute Gasteiger partial charge is 0.337 e. The molecule has 32 heavy (non-hydrogen) atoms. The molecule has 2 N–H and O–H groups in total. The van der Waals surface area contributed by atoms with Gasteiger partial charge < -0.3 is 10.2 Å². The van der Waals surface area contributed by atoms with Crippen LogP contribution in [0.1, 0.15) is 10.4 Å². The maximum absolute atomic E-state index is 11.9. The number of fused-ring (bicyclic) bond motifs is 1. The molecule has 0 unspecified atom stereocenters. The topological polar surface area (TPSA) is 87.2 Å². The molecule has 156 valence electrons. The largest absolute Gasteiger partial charge is 0.493 e. The Kier molecular flexibility index (Phi) is 5.01. The first kappa shape index (κ1) is 19.7. The zero-order valence-corrected chi connectivity index (χ0v) is 17.5. The van der Waals surface area contributed by atoms with Gasteiger partial charge in [-0.25, -0.2) is 4.79 Å². The number of hydrogen-bond acceptors (Lipinski definition) is 5. The molecule has 0 aliphatic heterocycles. The van der Waals surface area contributed by atoms with Crippen LogP contribution in [-0.4, -0.2) is 20.7 Å². The van der Waals surface area contributed by atoms with Crippen molar-refractivity contribution < 1.29 is 15.0 Å². The molecule has 0 saturated carbocycles. The third-order valence-corrected chi connectivity index (χ3v) is 6.00. The van der Waals surface area contributed by atoms with Crippen molar-refractivity contribution in [3.8, 4) is 22.0 Å². The van der Waals surface area contributed by atoms with Gasteiger partial charge in [0.25, 0.3) is 0 Å². The number of hydrogen-bond donors (Lipinski definition) is 2. The van der Waals surface area contributed by atoms with Crippen LogP contribution in [0, 0.1) is 0 Å². The van der Waals surface area contributed by atoms with Crippen molar-refractivity contribution in [2.45, 2.75) is 0 Å². The fourth-order valence-corrected chi connectivity index (χ4v) is 4.45. The summed E-state index contributed by atoms with van der Waals surface area (Å²) in [7, 11) is 0. The van der Waals surface area contributed by atoms with Gasteiger partial charge in [-0.05, 0) is 35.2 Å². The Bertz CT molecular complexity index is 1460. The summed E-state index contributed by atoms with van der Waals surface area (Å²) in [6, 6.07) is 25.7. The number of benzene rings is 3. The molecule has 0 spiro atoms. The van der Waals surface area contributed by atoms with Crippen LogP contribution < -0.4 is 0 Å². The van der Waals surface area contributed by atoms with Crippen molar-refractivity contribution in [3.63, 3.8) is 0 Å². The molecule has 0 aliphatic rings. The second-order valence-corrected chi connectivity index (χ2v) is 7.98. The minimum Gasteiger partial charge on any atom is -0.493 e. The summed E-state index contributed by atoms with van der Waals surface area (Å²) in [5.41, 5.74) is 2.82. The summed E-state index contributed by atoms with van der Waals surface area (Å²) in [6.45, 7) is 0. The van der Waals surface area contributed by atoms with Gasteiger partial charge in [-0.3, -0.25) is 4.57 Å². The van der Waals surface area contributed by atoms with Crippen LogP contribution in [0.15, 0.2) is 101 Å². The molecule has 0 saturated heterocycles. The van der Waals surface area contributed by atoms with Crippen LogP contribution in [0.5, 0.6) is 5.88 Å². The number of carboxylic acids is 1. The van der Waals surface area contributed by atoms with Gasteiger partial charge in [0.15, 0.2) is 5.69 Å². The molecule has 0 atom stereocenters. The lowest BCUT2D eigenvalue weighted by Crippen LogP contribution is -1.97. The minimum atomic E-state index is -1.10. The molecular weight excluding hydrogens is 422 g/mol. The third-order valence-electron chi connectivity index (χ3n) is 5.15. The maximum atomic E-state index is 11.9. The van der Waals surface area contributed by atoms with Crippen LogP contribution in [0.3, 0.4) is 0 Å². The van der Waals surface area contributed by atoms with Gasteiger partial charge in [-0.2, -0.15) is 0 Å². The Morgan fingerprint density at radius 1 is 0.812 bits per heavy atom. The molecule has 0 aliphatic carbocycles. The van der Waals surface area contributed by atoms with Gasteiger partial charge in [-0.15, -0.1) is 21.6 Å². The highest BCUT2D eigenvalue weighted by Gasteiger charge is 2.20. The number of nitrogens with zero attached hydrogens (tertiary/aromatic N) is 3. The highest BCUT2D eigenvalue weighted by molar-refractivity contribution is 7.12. The highest BCUT2D eigenvalue weighted by Crippen LogP contribution is 2.43. The van der Waals surface area contributed by atoms with E-state index < -0.39 is 5.97 Å². The van der Waals surface area contributed by atoms with E-state index in [1.165, 1.54) is 17.4 Å². The summed E-state index contributed by atoms with van der Waals surface area (Å²) in [6.07, 6.45) is 0. The minimum absolute atomic E-state index is 0.0385. The molecule has 7 heteroatoms. The summed E-state index contributed by atoms with van der Waals surface area (Å²) in [5, 5.41) is 33.0. The van der Waals surface area contributed by atoms with E-state index in [1.807, 2.05) is 78.2 Å². The Balaban J connectivity index is 1.71. The van der Waals surface area contributed by atoms with E-state index in [2.05, 4.69) is 10.2 Å². The summed E-state index contributed by atoms with van der Waals surface area (Å²) < 4.78 is 1.72. The Labute approximate surface area is 187 Å². The van der Waals surface area contributed by atoms with Gasteiger partial charge in [0.1, 0.15) is 10.7 Å². The monoisotopic (exact) mass is 439 g/mol. The predicted molar refractivity (Wildman–Crippen MR) is 126 cm³/mol. The SMILES string of the molecule is O=C(O)c1cccc(-c2ccccc2)c1N=Nc1c(O)n(-c2cccs2)c2ccccc12. The Morgan fingerprint density at radius 3 is 2.31 bits per heavy atom. The van der Waals surface area contributed by atoms with Gasteiger partial charge in [0.05, 0.1) is 11.1 Å². The first-order chi connectivity index (χ1) is 15.6. The zero-order valence-electron chi connectivity index (χ0n) is 16.7. The van der Waals surface area contributed by atoms with Crippen molar-refractivity contribution in [3.05, 3.63) is 95.9 Å². The number of aromatic hydroxyl groups is 1. The van der Waals surface area contributed by atoms with Crippen LogP contribution in [-0.2, 0) is 0 Å². The van der Waals surface area contributed by atoms with Gasteiger partial charge in [0, 0.05) is 10.9 Å². The molecule has 6 nitrogen and oxygen atoms in total. The Hall–Kier alpha value is -4.23. The standard InChI is InChI=1S/C25H17N3O3S/c29-24-23(18-10-4-5-13-20(18)28(24)21-14-7-15-32-21)27-26-22-17(16-8-2-1-3-9-16)11-6-12-19(22)25(30)31/h1-15,29H,(H,30,31). The average molecular weight is 439 g/mol. The van der Waals surface area contributed by atoms with Crippen molar-refractivity contribution in [2.24, 2.45) is 10.2 Å². The lowest BCUT2D eigenvalue weighted by molar-refractivity contribution is 0.0698. The molecule has 5 aromatic rings. The number of aromatic nitrogens is 1. The number of thiophene rings is 1. The number of rotatable bonds is 5. The van der Waals surface area contributed by atoms with Crippen molar-refractivity contribution in [1.82, 2.24) is 4.57 Å². The maximum Gasteiger partial charge on any atom is 0.337 e. The lowest BCUT2D eigenvalue weighted by Gasteiger charge is -2.08. The Morgan fingerprint density at radius 2 is 1.56 bits per heavy atom. The second-order valence-electron chi connectivity index (χ2n) is 7.05. The van der Waals surface area contributed by atoms with Crippen molar-refractivity contribution in [1.29, 1.82) is 0 Å². The average Bonchev–Trinajstić information content (AvgIpc) is 3.43. The molecule has 0 amide bonds. The van der Waals surface area contributed by atoms with E-state index in [4.69, 9.17) is 0 Å². The van der Waals surface area contributed by atoms with Crippen LogP contribution in [0.2, 0.25) is 0 Å². The predicted octanol–water partition coefficient (Wildman–Crippen LogP) is 7.18. The normalized spacial score (nSPS) is 11.4. The fraction of sp³-hybridized carbons (Fsp3) is 0. The summed E-state index contributed by atoms with van der Waals surface area (Å²) in [4.78, 5) is 11.9. The fourth-order valence-electron chi connectivity index (χ4n) is 3.70. The molecule has 0 fully saturated rings. The van der Waals surface area contributed by atoms with E-state index in [0.29, 0.717) is 5.56 Å². The highest BCUT2D eigenvalue weighted by atomic mass is 32.1. The summed E-state index contributed by atoms with van der Waals surface area (Å²) in [5.74, 6) is -1.14. The molecule has 3 aromatic carbocycles. The number of carbonyl (C=O) groups is 1. The third kappa shape index (κ3) is 3.34. The van der Waals surface area contributed by atoms with Gasteiger partial charge >= 0.3 is 5.97 Å². The summed E-state index contributed by atoms with van der Waals surface area (Å²) >= 11 is 1.49. The molecule has 0 bridgehead atoms. The molecule has 5 rings (SSSR count). The van der Waals surface area contributed by atoms with Crippen molar-refractivity contribution in [2.75, 3.05) is 0 Å². The van der Waals surface area contributed by atoms with Gasteiger partial charge in [-0.1, -0.05) is 60.7 Å². The van der Waals surface area contributed by atoms with Gasteiger partial charge in [0.2, 0.25) is 5.88 Å². The number of carboxylic acid groups (broad SMARTS) is 1. The van der Waals surface area contributed by atoms with Crippen LogP contribution >= 0.6 is 11.3 Å².